The lowest BCUT2D eigenvalue weighted by molar-refractivity contribution is -0.0103. The van der Waals surface area contributed by atoms with Gasteiger partial charge in [-0.2, -0.15) is 0 Å². The Morgan fingerprint density at radius 1 is 1.06 bits per heavy atom. The number of carbonyl (C=O) groups excluding carboxylic acids is 2. The van der Waals surface area contributed by atoms with Crippen LogP contribution in [0, 0.1) is 5.82 Å². The van der Waals surface area contributed by atoms with E-state index in [1.165, 1.54) is 19.2 Å². The van der Waals surface area contributed by atoms with E-state index in [0.29, 0.717) is 52.5 Å². The van der Waals surface area contributed by atoms with Crippen LogP contribution in [0.4, 0.5) is 9.18 Å². The van der Waals surface area contributed by atoms with Crippen LogP contribution in [-0.4, -0.2) is 46.6 Å². The Morgan fingerprint density at radius 2 is 1.83 bits per heavy atom. The van der Waals surface area contributed by atoms with Crippen molar-refractivity contribution in [3.05, 3.63) is 112 Å². The number of aromatic nitrogens is 1. The standard InChI is InChI=1S/C38H38ClFN2O6/c1-37(17-18-42(37)36(44)47-23-24-7-5-4-6-8-24)27-21-31(25-9-13-30(40)29(39)19-25)41-35(22-27)38(2,45)16-15-32(43)26-10-14-33(34(20-26)46-3)48-28-11-12-28/h4-10,13-14,19-22,28,45H,11-12,15-18,23H2,1-3H3/t37-,38?/m0/s1. The van der Waals surface area contributed by atoms with Gasteiger partial charge >= 0.3 is 6.09 Å². The number of ketones is 1. The molecule has 1 unspecified atom stereocenters. The van der Waals surface area contributed by atoms with Crippen LogP contribution in [0.15, 0.2) is 78.9 Å². The molecule has 1 saturated heterocycles. The minimum absolute atomic E-state index is 0.0256. The molecule has 1 aromatic heterocycles. The first-order valence-electron chi connectivity index (χ1n) is 16.0. The molecule has 48 heavy (non-hydrogen) atoms. The second-order valence-corrected chi connectivity index (χ2v) is 13.3. The minimum atomic E-state index is -1.54. The van der Waals surface area contributed by atoms with Gasteiger partial charge in [0.15, 0.2) is 17.3 Å². The van der Waals surface area contributed by atoms with Crippen molar-refractivity contribution in [2.45, 2.75) is 69.8 Å². The van der Waals surface area contributed by atoms with Crippen LogP contribution in [0.25, 0.3) is 11.3 Å². The zero-order valence-corrected chi connectivity index (χ0v) is 27.9. The number of aliphatic hydroxyl groups is 1. The summed E-state index contributed by atoms with van der Waals surface area (Å²) in [5, 5.41) is 11.8. The number of nitrogens with zero attached hydrogens (tertiary/aromatic N) is 2. The van der Waals surface area contributed by atoms with Gasteiger partial charge in [-0.3, -0.25) is 9.69 Å². The summed E-state index contributed by atoms with van der Waals surface area (Å²) >= 11 is 6.14. The third-order valence-corrected chi connectivity index (χ3v) is 9.49. The molecule has 3 aromatic carbocycles. The largest absolute Gasteiger partial charge is 0.493 e. The zero-order chi connectivity index (χ0) is 34.1. The Labute approximate surface area is 284 Å². The van der Waals surface area contributed by atoms with E-state index in [1.807, 2.05) is 43.3 Å². The zero-order valence-electron chi connectivity index (χ0n) is 27.2. The van der Waals surface area contributed by atoms with E-state index >= 15 is 0 Å². The SMILES string of the molecule is COc1cc(C(=O)CCC(C)(O)c2cc([C@]3(C)CCN3C(=O)OCc3ccccc3)cc(-c3ccc(F)c(Cl)c3)n2)ccc1OC1CC1. The lowest BCUT2D eigenvalue weighted by atomic mass is 9.78. The fraction of sp³-hybridized carbons (Fsp3) is 0.342. The monoisotopic (exact) mass is 672 g/mol. The van der Waals surface area contributed by atoms with Gasteiger partial charge in [0.25, 0.3) is 0 Å². The number of benzene rings is 3. The van der Waals surface area contributed by atoms with Crippen LogP contribution in [0.2, 0.25) is 5.02 Å². The molecule has 2 fully saturated rings. The molecule has 1 amide bonds. The van der Waals surface area contributed by atoms with E-state index in [2.05, 4.69) is 0 Å². The van der Waals surface area contributed by atoms with Crippen LogP contribution in [0.3, 0.4) is 0 Å². The first kappa shape index (κ1) is 33.4. The number of rotatable bonds is 12. The van der Waals surface area contributed by atoms with E-state index in [9.17, 15) is 19.1 Å². The highest BCUT2D eigenvalue weighted by atomic mass is 35.5. The third-order valence-electron chi connectivity index (χ3n) is 9.20. The number of pyridine rings is 1. The first-order chi connectivity index (χ1) is 23.0. The Hall–Kier alpha value is -4.47. The number of methoxy groups -OCH3 is 1. The maximum atomic E-state index is 14.1. The number of carbonyl (C=O) groups is 2. The molecule has 1 N–H and O–H groups in total. The molecule has 2 heterocycles. The summed E-state index contributed by atoms with van der Waals surface area (Å²) in [5.41, 5.74) is 1.02. The van der Waals surface area contributed by atoms with Gasteiger partial charge in [0.05, 0.1) is 35.2 Å². The third kappa shape index (κ3) is 7.17. The Balaban J connectivity index is 1.26. The molecule has 6 rings (SSSR count). The average molecular weight is 673 g/mol. The fourth-order valence-corrected chi connectivity index (χ4v) is 5.98. The first-order valence-corrected chi connectivity index (χ1v) is 16.4. The molecule has 4 aromatic rings. The number of halogens is 2. The van der Waals surface area contributed by atoms with E-state index in [1.54, 1.807) is 42.2 Å². The maximum Gasteiger partial charge on any atom is 0.410 e. The van der Waals surface area contributed by atoms with Crippen molar-refractivity contribution >= 4 is 23.5 Å². The number of amides is 1. The predicted octanol–water partition coefficient (Wildman–Crippen LogP) is 8.22. The Kier molecular flexibility index (Phi) is 9.45. The number of likely N-dealkylation sites (tertiary alicyclic amines) is 1. The molecule has 250 valence electrons. The molecule has 0 radical (unpaired) electrons. The quantitative estimate of drug-likeness (QED) is 0.151. The summed E-state index contributed by atoms with van der Waals surface area (Å²) in [6.07, 6.45) is 2.46. The summed E-state index contributed by atoms with van der Waals surface area (Å²) in [7, 11) is 1.53. The van der Waals surface area contributed by atoms with Gasteiger partial charge in [0.1, 0.15) is 18.0 Å². The van der Waals surface area contributed by atoms with Crippen molar-refractivity contribution in [1.82, 2.24) is 9.88 Å². The van der Waals surface area contributed by atoms with Crippen LogP contribution in [-0.2, 0) is 22.5 Å². The van der Waals surface area contributed by atoms with E-state index < -0.39 is 23.1 Å². The van der Waals surface area contributed by atoms with E-state index in [-0.39, 0.29) is 36.4 Å². The molecular formula is C38H38ClFN2O6. The van der Waals surface area contributed by atoms with Crippen molar-refractivity contribution in [2.24, 2.45) is 0 Å². The number of Topliss-reactive ketones (excluding diaryl/α,β-unsaturated/α-hetero) is 1. The van der Waals surface area contributed by atoms with Crippen molar-refractivity contribution in [3.8, 4) is 22.8 Å². The molecule has 2 aliphatic rings. The second kappa shape index (κ2) is 13.6. The molecule has 8 nitrogen and oxygen atoms in total. The van der Waals surface area contributed by atoms with Gasteiger partial charge in [0.2, 0.25) is 0 Å². The molecule has 1 saturated carbocycles. The van der Waals surface area contributed by atoms with Gasteiger partial charge < -0.3 is 19.3 Å². The maximum absolute atomic E-state index is 14.1. The Morgan fingerprint density at radius 3 is 2.50 bits per heavy atom. The van der Waals surface area contributed by atoms with E-state index in [4.69, 9.17) is 30.8 Å². The highest BCUT2D eigenvalue weighted by Crippen LogP contribution is 2.43. The lowest BCUT2D eigenvalue weighted by Gasteiger charge is -2.50. The van der Waals surface area contributed by atoms with Crippen LogP contribution < -0.4 is 9.47 Å². The topological polar surface area (TPSA) is 98.2 Å². The lowest BCUT2D eigenvalue weighted by Crippen LogP contribution is -2.58. The average Bonchev–Trinajstić information content (AvgIpc) is 3.91. The van der Waals surface area contributed by atoms with E-state index in [0.717, 1.165) is 18.4 Å². The predicted molar refractivity (Wildman–Crippen MR) is 180 cm³/mol. The van der Waals surface area contributed by atoms with Crippen molar-refractivity contribution in [3.63, 3.8) is 0 Å². The highest BCUT2D eigenvalue weighted by molar-refractivity contribution is 6.31. The van der Waals surface area contributed by atoms with Crippen molar-refractivity contribution < 1.29 is 33.3 Å². The van der Waals surface area contributed by atoms with Crippen molar-refractivity contribution in [2.75, 3.05) is 13.7 Å². The van der Waals surface area contributed by atoms with Crippen LogP contribution >= 0.6 is 11.6 Å². The van der Waals surface area contributed by atoms with Crippen LogP contribution in [0.5, 0.6) is 11.5 Å². The molecule has 10 heteroatoms. The summed E-state index contributed by atoms with van der Waals surface area (Å²) in [5.74, 6) is 0.341. The Bertz CT molecular complexity index is 1830. The van der Waals surface area contributed by atoms with Gasteiger partial charge in [-0.1, -0.05) is 41.9 Å². The number of ether oxygens (including phenoxy) is 3. The number of hydrogen-bond acceptors (Lipinski definition) is 7. The van der Waals surface area contributed by atoms with Crippen molar-refractivity contribution in [1.29, 1.82) is 0 Å². The van der Waals surface area contributed by atoms with Crippen LogP contribution in [0.1, 0.15) is 73.1 Å². The summed E-state index contributed by atoms with van der Waals surface area (Å²) in [6, 6.07) is 22.4. The highest BCUT2D eigenvalue weighted by Gasteiger charge is 2.47. The minimum Gasteiger partial charge on any atom is -0.493 e. The summed E-state index contributed by atoms with van der Waals surface area (Å²) in [6.45, 7) is 4.16. The molecule has 0 spiro atoms. The van der Waals surface area contributed by atoms with Gasteiger partial charge in [0, 0.05) is 24.1 Å². The van der Waals surface area contributed by atoms with Gasteiger partial charge in [-0.25, -0.2) is 14.2 Å². The fourth-order valence-electron chi connectivity index (χ4n) is 5.80. The molecule has 1 aliphatic heterocycles. The summed E-state index contributed by atoms with van der Waals surface area (Å²) < 4.78 is 31.1. The normalized spacial score (nSPS) is 18.4. The smallest absolute Gasteiger partial charge is 0.410 e. The van der Waals surface area contributed by atoms with Gasteiger partial charge in [-0.15, -0.1) is 0 Å². The second-order valence-electron chi connectivity index (χ2n) is 12.9. The number of hydrogen-bond donors (Lipinski definition) is 1. The molecule has 0 bridgehead atoms. The summed E-state index contributed by atoms with van der Waals surface area (Å²) in [4.78, 5) is 33.0. The molecular weight excluding hydrogens is 635 g/mol. The van der Waals surface area contributed by atoms with Gasteiger partial charge in [-0.05, 0) is 99.2 Å². The molecule has 2 atom stereocenters. The molecule has 1 aliphatic carbocycles.